The van der Waals surface area contributed by atoms with Gasteiger partial charge in [0.1, 0.15) is 6.61 Å². The molecule has 0 aliphatic carbocycles. The molecule has 0 heterocycles. The van der Waals surface area contributed by atoms with Crippen molar-refractivity contribution in [2.45, 2.75) is 101 Å². The molecule has 0 saturated heterocycles. The fourth-order valence-corrected chi connectivity index (χ4v) is 3.04. The van der Waals surface area contributed by atoms with Crippen LogP contribution < -0.4 is 0 Å². The third-order valence-corrected chi connectivity index (χ3v) is 4.84. The first-order valence-corrected chi connectivity index (χ1v) is 9.63. The van der Waals surface area contributed by atoms with Crippen LogP contribution in [-0.2, 0) is 9.53 Å². The number of hydrogen-bond donors (Lipinski definition) is 0. The molecule has 0 radical (unpaired) electrons. The van der Waals surface area contributed by atoms with Crippen molar-refractivity contribution in [3.63, 3.8) is 0 Å². The van der Waals surface area contributed by atoms with E-state index in [2.05, 4.69) is 60.3 Å². The fraction of sp³-hybridized carbons (Fsp3) is 0.950. The number of carbonyl (C=O) groups is 1. The molecule has 0 saturated carbocycles. The predicted molar refractivity (Wildman–Crippen MR) is 102 cm³/mol. The molecule has 23 heavy (non-hydrogen) atoms. The Bertz CT molecular complexity index is 294. The Morgan fingerprint density at radius 1 is 1.04 bits per heavy atom. The molecular weight excluding hydrogens is 286 g/mol. The number of rotatable bonds is 10. The summed E-state index contributed by atoms with van der Waals surface area (Å²) in [6.07, 6.45) is 2.93. The highest BCUT2D eigenvalue weighted by molar-refractivity contribution is 5.76. The molecule has 3 nitrogen and oxygen atoms in total. The smallest absolute Gasteiger partial charge is 0.312 e. The van der Waals surface area contributed by atoms with Gasteiger partial charge in [-0.3, -0.25) is 9.69 Å². The van der Waals surface area contributed by atoms with Crippen LogP contribution in [0.4, 0.5) is 0 Å². The van der Waals surface area contributed by atoms with Gasteiger partial charge in [-0.05, 0) is 47.0 Å². The Kier molecular flexibility index (Phi) is 13.7. The van der Waals surface area contributed by atoms with Crippen molar-refractivity contribution in [1.29, 1.82) is 0 Å². The molecule has 0 aliphatic rings. The molecule has 2 atom stereocenters. The van der Waals surface area contributed by atoms with E-state index in [0.29, 0.717) is 24.6 Å². The van der Waals surface area contributed by atoms with Crippen molar-refractivity contribution in [3.05, 3.63) is 0 Å². The quantitative estimate of drug-likeness (QED) is 0.494. The van der Waals surface area contributed by atoms with Crippen LogP contribution in [0.2, 0.25) is 0 Å². The minimum Gasteiger partial charge on any atom is -0.464 e. The van der Waals surface area contributed by atoms with Gasteiger partial charge in [0, 0.05) is 18.6 Å². The van der Waals surface area contributed by atoms with E-state index >= 15 is 0 Å². The maximum absolute atomic E-state index is 12.5. The molecule has 0 aromatic heterocycles. The third kappa shape index (κ3) is 8.19. The Balaban J connectivity index is 0. The maximum atomic E-state index is 12.5. The number of hydrogen-bond acceptors (Lipinski definition) is 3. The van der Waals surface area contributed by atoms with Crippen molar-refractivity contribution < 1.29 is 9.53 Å². The van der Waals surface area contributed by atoms with Crippen LogP contribution in [0.15, 0.2) is 0 Å². The molecule has 0 amide bonds. The minimum atomic E-state index is -0.343. The second kappa shape index (κ2) is 12.8. The SMILES string of the molecule is CC.CCCC(C)(C(=O)OCCN(C(C)C)C(C)C)C(C)CC. The summed E-state index contributed by atoms with van der Waals surface area (Å²) in [6.45, 7) is 22.5. The van der Waals surface area contributed by atoms with E-state index in [4.69, 9.17) is 4.74 Å². The fourth-order valence-electron chi connectivity index (χ4n) is 3.04. The van der Waals surface area contributed by atoms with Gasteiger partial charge in [0.05, 0.1) is 5.41 Å². The summed E-state index contributed by atoms with van der Waals surface area (Å²) >= 11 is 0. The average molecular weight is 330 g/mol. The van der Waals surface area contributed by atoms with Gasteiger partial charge in [-0.25, -0.2) is 0 Å². The lowest BCUT2D eigenvalue weighted by atomic mass is 9.73. The summed E-state index contributed by atoms with van der Waals surface area (Å²) < 4.78 is 5.63. The summed E-state index contributed by atoms with van der Waals surface area (Å²) in [4.78, 5) is 14.9. The van der Waals surface area contributed by atoms with Gasteiger partial charge in [-0.2, -0.15) is 0 Å². The van der Waals surface area contributed by atoms with E-state index in [-0.39, 0.29) is 11.4 Å². The van der Waals surface area contributed by atoms with Crippen LogP contribution in [0, 0.1) is 11.3 Å². The number of ether oxygens (including phenoxy) is 1. The number of nitrogens with zero attached hydrogens (tertiary/aromatic N) is 1. The predicted octanol–water partition coefficient (Wildman–Crippen LogP) is 5.53. The molecule has 0 spiro atoms. The Hall–Kier alpha value is -0.570. The lowest BCUT2D eigenvalue weighted by molar-refractivity contribution is -0.159. The molecule has 0 bridgehead atoms. The van der Waals surface area contributed by atoms with Crippen molar-refractivity contribution in [3.8, 4) is 0 Å². The van der Waals surface area contributed by atoms with Gasteiger partial charge < -0.3 is 4.74 Å². The minimum absolute atomic E-state index is 0.0221. The van der Waals surface area contributed by atoms with Gasteiger partial charge in [0.25, 0.3) is 0 Å². The molecule has 3 heteroatoms. The first kappa shape index (κ1) is 24.7. The first-order chi connectivity index (χ1) is 10.7. The van der Waals surface area contributed by atoms with Crippen LogP contribution >= 0.6 is 0 Å². The molecular formula is C20H43NO2. The Morgan fingerprint density at radius 3 is 1.87 bits per heavy atom. The monoisotopic (exact) mass is 329 g/mol. The number of esters is 1. The Labute approximate surface area is 146 Å². The molecule has 0 aromatic rings. The van der Waals surface area contributed by atoms with E-state index in [9.17, 15) is 4.79 Å². The zero-order chi connectivity index (χ0) is 18.6. The van der Waals surface area contributed by atoms with E-state index in [1.807, 2.05) is 13.8 Å². The van der Waals surface area contributed by atoms with Gasteiger partial charge in [-0.15, -0.1) is 0 Å². The molecule has 0 aliphatic heterocycles. The van der Waals surface area contributed by atoms with E-state index < -0.39 is 0 Å². The highest BCUT2D eigenvalue weighted by Gasteiger charge is 2.38. The number of carbonyl (C=O) groups excluding carboxylic acids is 1. The summed E-state index contributed by atoms with van der Waals surface area (Å²) in [6, 6.07) is 0.945. The molecule has 2 unspecified atom stereocenters. The van der Waals surface area contributed by atoms with Gasteiger partial charge in [0.2, 0.25) is 0 Å². The average Bonchev–Trinajstić information content (AvgIpc) is 2.51. The molecule has 140 valence electrons. The summed E-state index contributed by atoms with van der Waals surface area (Å²) in [5, 5.41) is 0. The molecule has 0 rings (SSSR count). The molecule has 0 aromatic carbocycles. The highest BCUT2D eigenvalue weighted by atomic mass is 16.5. The van der Waals surface area contributed by atoms with E-state index in [1.54, 1.807) is 0 Å². The Morgan fingerprint density at radius 2 is 1.52 bits per heavy atom. The summed E-state index contributed by atoms with van der Waals surface area (Å²) in [5.74, 6) is 0.336. The summed E-state index contributed by atoms with van der Waals surface area (Å²) in [7, 11) is 0. The molecule has 0 N–H and O–H groups in total. The maximum Gasteiger partial charge on any atom is 0.312 e. The van der Waals surface area contributed by atoms with Gasteiger partial charge in [-0.1, -0.05) is 47.5 Å². The zero-order valence-electron chi connectivity index (χ0n) is 17.5. The lowest BCUT2D eigenvalue weighted by Gasteiger charge is -2.34. The van der Waals surface area contributed by atoms with Crippen LogP contribution in [-0.4, -0.2) is 36.1 Å². The third-order valence-electron chi connectivity index (χ3n) is 4.84. The zero-order valence-corrected chi connectivity index (χ0v) is 17.5. The van der Waals surface area contributed by atoms with Crippen LogP contribution in [0.5, 0.6) is 0 Å². The van der Waals surface area contributed by atoms with Crippen molar-refractivity contribution >= 4 is 5.97 Å². The van der Waals surface area contributed by atoms with Crippen LogP contribution in [0.25, 0.3) is 0 Å². The standard InChI is InChI=1S/C18H37NO2.C2H6/c1-9-11-18(8,16(7)10-2)17(20)21-13-12-19(14(3)4)15(5)6;1-2/h14-16H,9-13H2,1-8H3;1-2H3. The molecule has 0 fully saturated rings. The van der Waals surface area contributed by atoms with E-state index in [0.717, 1.165) is 25.8 Å². The van der Waals surface area contributed by atoms with Crippen molar-refractivity contribution in [2.24, 2.45) is 11.3 Å². The first-order valence-electron chi connectivity index (χ1n) is 9.63. The van der Waals surface area contributed by atoms with Crippen LogP contribution in [0.3, 0.4) is 0 Å². The van der Waals surface area contributed by atoms with Crippen molar-refractivity contribution in [1.82, 2.24) is 4.90 Å². The van der Waals surface area contributed by atoms with Gasteiger partial charge in [0.15, 0.2) is 0 Å². The highest BCUT2D eigenvalue weighted by Crippen LogP contribution is 2.35. The van der Waals surface area contributed by atoms with Crippen LogP contribution in [0.1, 0.15) is 88.5 Å². The topological polar surface area (TPSA) is 29.5 Å². The normalized spacial score (nSPS) is 15.2. The van der Waals surface area contributed by atoms with E-state index in [1.165, 1.54) is 0 Å². The lowest BCUT2D eigenvalue weighted by Crippen LogP contribution is -2.41. The summed E-state index contributed by atoms with van der Waals surface area (Å²) in [5.41, 5.74) is -0.343. The van der Waals surface area contributed by atoms with Gasteiger partial charge >= 0.3 is 5.97 Å². The van der Waals surface area contributed by atoms with Crippen molar-refractivity contribution in [2.75, 3.05) is 13.2 Å². The largest absolute Gasteiger partial charge is 0.464 e. The second-order valence-corrected chi connectivity index (χ2v) is 7.04. The second-order valence-electron chi connectivity index (χ2n) is 7.04.